The third-order valence-electron chi connectivity index (χ3n) is 2.61. The highest BCUT2D eigenvalue weighted by molar-refractivity contribution is 6.31. The molecule has 1 saturated carbocycles. The number of methoxy groups -OCH3 is 1. The van der Waals surface area contributed by atoms with Crippen molar-refractivity contribution < 1.29 is 9.84 Å². The minimum atomic E-state index is -0.488. The van der Waals surface area contributed by atoms with Gasteiger partial charge in [-0.15, -0.1) is 0 Å². The third kappa shape index (κ3) is 2.02. The summed E-state index contributed by atoms with van der Waals surface area (Å²) >= 11 is 6.05. The van der Waals surface area contributed by atoms with Gasteiger partial charge in [-0.2, -0.15) is 0 Å². The molecule has 14 heavy (non-hydrogen) atoms. The Morgan fingerprint density at radius 2 is 2.21 bits per heavy atom. The number of hydrogen-bond acceptors (Lipinski definition) is 2. The van der Waals surface area contributed by atoms with E-state index in [1.807, 2.05) is 12.1 Å². The molecule has 1 aromatic rings. The van der Waals surface area contributed by atoms with Crippen molar-refractivity contribution in [1.82, 2.24) is 0 Å². The van der Waals surface area contributed by atoms with E-state index in [0.29, 0.717) is 11.4 Å². The van der Waals surface area contributed by atoms with Crippen LogP contribution in [0, 0.1) is 0 Å². The molecule has 0 atom stereocenters. The highest BCUT2D eigenvalue weighted by atomic mass is 35.5. The quantitative estimate of drug-likeness (QED) is 0.834. The Labute approximate surface area is 88.5 Å². The molecule has 2 nitrogen and oxygen atoms in total. The average Bonchev–Trinajstić information content (AvgIpc) is 2.88. The van der Waals surface area contributed by atoms with Gasteiger partial charge in [0.15, 0.2) is 0 Å². The highest BCUT2D eigenvalue weighted by Gasteiger charge is 2.40. The molecular formula is C11H13ClO2. The Balaban J connectivity index is 2.17. The number of hydrogen-bond donors (Lipinski definition) is 1. The van der Waals surface area contributed by atoms with Crippen LogP contribution in [0.5, 0.6) is 5.75 Å². The number of rotatable bonds is 3. The maximum absolute atomic E-state index is 9.74. The van der Waals surface area contributed by atoms with E-state index in [1.54, 1.807) is 13.2 Å². The van der Waals surface area contributed by atoms with Crippen molar-refractivity contribution in [2.75, 3.05) is 7.11 Å². The van der Waals surface area contributed by atoms with Crippen molar-refractivity contribution in [3.05, 3.63) is 28.8 Å². The predicted octanol–water partition coefficient (Wildman–Crippen LogP) is 2.42. The zero-order valence-corrected chi connectivity index (χ0v) is 8.84. The first kappa shape index (κ1) is 9.81. The van der Waals surface area contributed by atoms with Crippen LogP contribution >= 0.6 is 11.6 Å². The standard InChI is InChI=1S/C11H13ClO2/c1-14-9-3-2-8(10(12)6-9)7-11(13)4-5-11/h2-3,6,13H,4-5,7H2,1H3. The molecule has 0 unspecified atom stereocenters. The van der Waals surface area contributed by atoms with Gasteiger partial charge in [0, 0.05) is 11.4 Å². The number of aliphatic hydroxyl groups is 1. The van der Waals surface area contributed by atoms with E-state index in [4.69, 9.17) is 16.3 Å². The minimum absolute atomic E-state index is 0.488. The molecular weight excluding hydrogens is 200 g/mol. The van der Waals surface area contributed by atoms with Gasteiger partial charge in [-0.1, -0.05) is 17.7 Å². The minimum Gasteiger partial charge on any atom is -0.497 e. The van der Waals surface area contributed by atoms with Crippen LogP contribution in [-0.4, -0.2) is 17.8 Å². The third-order valence-corrected chi connectivity index (χ3v) is 2.96. The van der Waals surface area contributed by atoms with E-state index in [0.717, 1.165) is 24.2 Å². The lowest BCUT2D eigenvalue weighted by Crippen LogP contribution is -2.10. The Hall–Kier alpha value is -0.730. The highest BCUT2D eigenvalue weighted by Crippen LogP contribution is 2.39. The lowest BCUT2D eigenvalue weighted by molar-refractivity contribution is 0.151. The molecule has 0 amide bonds. The van der Waals surface area contributed by atoms with Gasteiger partial charge in [0.25, 0.3) is 0 Å². The fourth-order valence-electron chi connectivity index (χ4n) is 1.47. The van der Waals surface area contributed by atoms with Crippen LogP contribution in [0.2, 0.25) is 5.02 Å². The van der Waals surface area contributed by atoms with Crippen molar-refractivity contribution in [3.63, 3.8) is 0 Å². The molecule has 1 aliphatic rings. The maximum atomic E-state index is 9.74. The Bertz CT molecular complexity index is 345. The van der Waals surface area contributed by atoms with Crippen LogP contribution < -0.4 is 4.74 Å². The summed E-state index contributed by atoms with van der Waals surface area (Å²) in [4.78, 5) is 0. The Morgan fingerprint density at radius 3 is 2.71 bits per heavy atom. The van der Waals surface area contributed by atoms with E-state index < -0.39 is 5.60 Å². The van der Waals surface area contributed by atoms with E-state index in [1.165, 1.54) is 0 Å². The molecule has 1 aromatic carbocycles. The molecule has 0 saturated heterocycles. The second-order valence-electron chi connectivity index (χ2n) is 3.86. The monoisotopic (exact) mass is 212 g/mol. The molecule has 1 aliphatic carbocycles. The van der Waals surface area contributed by atoms with Crippen molar-refractivity contribution >= 4 is 11.6 Å². The lowest BCUT2D eigenvalue weighted by atomic mass is 10.1. The van der Waals surface area contributed by atoms with Gasteiger partial charge in [-0.3, -0.25) is 0 Å². The van der Waals surface area contributed by atoms with Gasteiger partial charge in [0.1, 0.15) is 5.75 Å². The topological polar surface area (TPSA) is 29.5 Å². The van der Waals surface area contributed by atoms with Crippen molar-refractivity contribution in [2.24, 2.45) is 0 Å². The summed E-state index contributed by atoms with van der Waals surface area (Å²) in [6, 6.07) is 5.56. The molecule has 0 aliphatic heterocycles. The molecule has 1 fully saturated rings. The fraction of sp³-hybridized carbons (Fsp3) is 0.455. The molecule has 0 heterocycles. The summed E-state index contributed by atoms with van der Waals surface area (Å²) in [5.41, 5.74) is 0.505. The Morgan fingerprint density at radius 1 is 1.50 bits per heavy atom. The summed E-state index contributed by atoms with van der Waals surface area (Å²) in [6.07, 6.45) is 2.42. The average molecular weight is 213 g/mol. The SMILES string of the molecule is COc1ccc(CC2(O)CC2)c(Cl)c1. The van der Waals surface area contributed by atoms with E-state index in [9.17, 15) is 5.11 Å². The first-order valence-electron chi connectivity index (χ1n) is 4.68. The summed E-state index contributed by atoms with van der Waals surface area (Å²) < 4.78 is 5.05. The zero-order valence-electron chi connectivity index (χ0n) is 8.09. The fourth-order valence-corrected chi connectivity index (χ4v) is 1.71. The van der Waals surface area contributed by atoms with Crippen LogP contribution in [0.1, 0.15) is 18.4 Å². The van der Waals surface area contributed by atoms with Crippen molar-refractivity contribution in [2.45, 2.75) is 24.9 Å². The van der Waals surface area contributed by atoms with Crippen LogP contribution in [-0.2, 0) is 6.42 Å². The molecule has 0 spiro atoms. The molecule has 0 aromatic heterocycles. The van der Waals surface area contributed by atoms with Crippen molar-refractivity contribution in [1.29, 1.82) is 0 Å². The van der Waals surface area contributed by atoms with Gasteiger partial charge in [0.05, 0.1) is 12.7 Å². The molecule has 0 radical (unpaired) electrons. The van der Waals surface area contributed by atoms with Crippen LogP contribution in [0.4, 0.5) is 0 Å². The number of halogens is 1. The lowest BCUT2D eigenvalue weighted by Gasteiger charge is -2.10. The van der Waals surface area contributed by atoms with Crippen LogP contribution in [0.15, 0.2) is 18.2 Å². The van der Waals surface area contributed by atoms with Crippen LogP contribution in [0.25, 0.3) is 0 Å². The summed E-state index contributed by atoms with van der Waals surface area (Å²) in [6.45, 7) is 0. The number of ether oxygens (including phenoxy) is 1. The maximum Gasteiger partial charge on any atom is 0.120 e. The molecule has 2 rings (SSSR count). The molecule has 3 heteroatoms. The van der Waals surface area contributed by atoms with Gasteiger partial charge in [-0.05, 0) is 30.5 Å². The summed E-state index contributed by atoms with van der Waals surface area (Å²) in [7, 11) is 1.61. The Kier molecular flexibility index (Phi) is 2.41. The first-order chi connectivity index (χ1) is 6.63. The van der Waals surface area contributed by atoms with Crippen molar-refractivity contribution in [3.8, 4) is 5.75 Å². The molecule has 1 N–H and O–H groups in total. The van der Waals surface area contributed by atoms with E-state index in [2.05, 4.69) is 0 Å². The van der Waals surface area contributed by atoms with E-state index >= 15 is 0 Å². The van der Waals surface area contributed by atoms with Gasteiger partial charge < -0.3 is 9.84 Å². The largest absolute Gasteiger partial charge is 0.497 e. The summed E-state index contributed by atoms with van der Waals surface area (Å²) in [5, 5.41) is 10.4. The van der Waals surface area contributed by atoms with Gasteiger partial charge in [0.2, 0.25) is 0 Å². The number of benzene rings is 1. The molecule has 76 valence electrons. The second-order valence-corrected chi connectivity index (χ2v) is 4.27. The van der Waals surface area contributed by atoms with E-state index in [-0.39, 0.29) is 0 Å². The molecule has 0 bridgehead atoms. The first-order valence-corrected chi connectivity index (χ1v) is 5.06. The smallest absolute Gasteiger partial charge is 0.120 e. The van der Waals surface area contributed by atoms with Crippen LogP contribution in [0.3, 0.4) is 0 Å². The zero-order chi connectivity index (χ0) is 10.2. The van der Waals surface area contributed by atoms with Gasteiger partial charge >= 0.3 is 0 Å². The normalized spacial score (nSPS) is 17.9. The summed E-state index contributed by atoms with van der Waals surface area (Å²) in [5.74, 6) is 0.751. The predicted molar refractivity (Wildman–Crippen MR) is 55.9 cm³/mol. The van der Waals surface area contributed by atoms with Gasteiger partial charge in [-0.25, -0.2) is 0 Å². The second kappa shape index (κ2) is 3.44.